The van der Waals surface area contributed by atoms with Crippen molar-refractivity contribution in [2.24, 2.45) is 5.41 Å². The number of rotatable bonds is 4. The average Bonchev–Trinajstić information content (AvgIpc) is 2.59. The Hall–Kier alpha value is 0.310. The Morgan fingerprint density at radius 1 is 1.23 bits per heavy atom. The maximum Gasteiger partial charge on any atom is 0.0900 e. The molecule has 0 aliphatic carbocycles. The maximum atomic E-state index is 5.21. The van der Waals surface area contributed by atoms with E-state index in [-0.39, 0.29) is 0 Å². The molecule has 1 aliphatic heterocycles. The lowest BCUT2D eigenvalue weighted by Gasteiger charge is -2.31. The molecule has 1 saturated heterocycles. The second-order valence-electron chi connectivity index (χ2n) is 5.76. The van der Waals surface area contributed by atoms with Crippen LogP contribution >= 0.6 is 11.8 Å². The van der Waals surface area contributed by atoms with Crippen molar-refractivity contribution in [3.8, 4) is 0 Å². The molecule has 0 radical (unpaired) electrons. The molecule has 0 amide bonds. The SMILES string of the molecule is CC(C)(C)CC(C)(C)SCC1CO1. The molecule has 1 atom stereocenters. The Labute approximate surface area is 86.6 Å². The number of epoxide rings is 1. The molecule has 0 aromatic heterocycles. The van der Waals surface area contributed by atoms with Crippen molar-refractivity contribution in [3.63, 3.8) is 0 Å². The van der Waals surface area contributed by atoms with Crippen LogP contribution in [0.4, 0.5) is 0 Å². The summed E-state index contributed by atoms with van der Waals surface area (Å²) in [6.07, 6.45) is 1.82. The summed E-state index contributed by atoms with van der Waals surface area (Å²) >= 11 is 2.05. The topological polar surface area (TPSA) is 12.5 Å². The second kappa shape index (κ2) is 3.82. The van der Waals surface area contributed by atoms with Gasteiger partial charge in [-0.15, -0.1) is 0 Å². The molecule has 0 bridgehead atoms. The quantitative estimate of drug-likeness (QED) is 0.648. The Morgan fingerprint density at radius 2 is 1.77 bits per heavy atom. The van der Waals surface area contributed by atoms with Crippen LogP contribution in [-0.2, 0) is 4.74 Å². The van der Waals surface area contributed by atoms with E-state index in [1.54, 1.807) is 0 Å². The molecular weight excluding hydrogens is 180 g/mol. The fourth-order valence-corrected chi connectivity index (χ4v) is 3.18. The Morgan fingerprint density at radius 3 is 2.15 bits per heavy atom. The van der Waals surface area contributed by atoms with E-state index >= 15 is 0 Å². The molecule has 13 heavy (non-hydrogen) atoms. The molecule has 1 heterocycles. The highest BCUT2D eigenvalue weighted by Crippen LogP contribution is 2.38. The minimum atomic E-state index is 0.393. The van der Waals surface area contributed by atoms with Crippen molar-refractivity contribution < 1.29 is 4.74 Å². The average molecular weight is 202 g/mol. The van der Waals surface area contributed by atoms with Gasteiger partial charge in [0.15, 0.2) is 0 Å². The summed E-state index contributed by atoms with van der Waals surface area (Å²) in [4.78, 5) is 0. The summed E-state index contributed by atoms with van der Waals surface area (Å²) in [5.41, 5.74) is 0.431. The molecule has 1 fully saturated rings. The molecular formula is C11H22OS. The first-order chi connectivity index (χ1) is 5.79. The Balaban J connectivity index is 2.26. The van der Waals surface area contributed by atoms with Crippen LogP contribution in [0.3, 0.4) is 0 Å². The Kier molecular flexibility index (Phi) is 3.34. The molecule has 1 rings (SSSR count). The molecule has 78 valence electrons. The van der Waals surface area contributed by atoms with E-state index in [9.17, 15) is 0 Å². The fraction of sp³-hybridized carbons (Fsp3) is 1.00. The van der Waals surface area contributed by atoms with E-state index < -0.39 is 0 Å². The van der Waals surface area contributed by atoms with Crippen molar-refractivity contribution in [2.75, 3.05) is 12.4 Å². The predicted octanol–water partition coefficient (Wildman–Crippen LogP) is 3.33. The smallest absolute Gasteiger partial charge is 0.0900 e. The van der Waals surface area contributed by atoms with Gasteiger partial charge in [0, 0.05) is 10.5 Å². The number of thioether (sulfide) groups is 1. The largest absolute Gasteiger partial charge is 0.372 e. The van der Waals surface area contributed by atoms with E-state index in [2.05, 4.69) is 46.4 Å². The summed E-state index contributed by atoms with van der Waals surface area (Å²) in [5, 5.41) is 0. The van der Waals surface area contributed by atoms with Crippen molar-refractivity contribution in [2.45, 2.75) is 51.9 Å². The molecule has 1 nitrogen and oxygen atoms in total. The predicted molar refractivity (Wildman–Crippen MR) is 60.3 cm³/mol. The van der Waals surface area contributed by atoms with E-state index in [0.717, 1.165) is 6.61 Å². The van der Waals surface area contributed by atoms with Gasteiger partial charge < -0.3 is 4.74 Å². The molecule has 0 N–H and O–H groups in total. The monoisotopic (exact) mass is 202 g/mol. The van der Waals surface area contributed by atoms with Gasteiger partial charge >= 0.3 is 0 Å². The number of ether oxygens (including phenoxy) is 1. The summed E-state index contributed by atoms with van der Waals surface area (Å²) in [5.74, 6) is 1.17. The van der Waals surface area contributed by atoms with Crippen LogP contribution in [0.15, 0.2) is 0 Å². The van der Waals surface area contributed by atoms with E-state index in [1.807, 2.05) is 0 Å². The second-order valence-corrected chi connectivity index (χ2v) is 7.49. The lowest BCUT2D eigenvalue weighted by Crippen LogP contribution is -2.24. The summed E-state index contributed by atoms with van der Waals surface area (Å²) in [6, 6.07) is 0. The van der Waals surface area contributed by atoms with E-state index in [1.165, 1.54) is 12.2 Å². The van der Waals surface area contributed by atoms with Crippen LogP contribution in [0.1, 0.15) is 41.0 Å². The van der Waals surface area contributed by atoms with Gasteiger partial charge in [-0.25, -0.2) is 0 Å². The van der Waals surface area contributed by atoms with Gasteiger partial charge in [-0.3, -0.25) is 0 Å². The fourth-order valence-electron chi connectivity index (χ4n) is 1.81. The summed E-state index contributed by atoms with van der Waals surface area (Å²) in [6.45, 7) is 12.6. The normalized spacial score (nSPS) is 23.3. The highest BCUT2D eigenvalue weighted by Gasteiger charge is 2.30. The molecule has 2 heteroatoms. The van der Waals surface area contributed by atoms with Crippen molar-refractivity contribution in [3.05, 3.63) is 0 Å². The van der Waals surface area contributed by atoms with Crippen LogP contribution in [-0.4, -0.2) is 23.2 Å². The van der Waals surface area contributed by atoms with E-state index in [4.69, 9.17) is 4.74 Å². The first kappa shape index (κ1) is 11.4. The molecule has 1 unspecified atom stereocenters. The summed E-state index contributed by atoms with van der Waals surface area (Å²) < 4.78 is 5.61. The minimum absolute atomic E-state index is 0.393. The molecule has 0 saturated carbocycles. The van der Waals surface area contributed by atoms with Crippen molar-refractivity contribution in [1.82, 2.24) is 0 Å². The van der Waals surface area contributed by atoms with Crippen LogP contribution < -0.4 is 0 Å². The highest BCUT2D eigenvalue weighted by molar-refractivity contribution is 8.00. The lowest BCUT2D eigenvalue weighted by molar-refractivity contribution is 0.339. The van der Waals surface area contributed by atoms with Gasteiger partial charge in [-0.05, 0) is 11.8 Å². The first-order valence-electron chi connectivity index (χ1n) is 5.04. The van der Waals surface area contributed by atoms with Crippen LogP contribution in [0.25, 0.3) is 0 Å². The van der Waals surface area contributed by atoms with Gasteiger partial charge in [-0.1, -0.05) is 34.6 Å². The first-order valence-corrected chi connectivity index (χ1v) is 6.03. The zero-order valence-electron chi connectivity index (χ0n) is 9.52. The molecule has 0 spiro atoms. The standard InChI is InChI=1S/C11H22OS/c1-10(2,3)8-11(4,5)13-7-9-6-12-9/h9H,6-8H2,1-5H3. The maximum absolute atomic E-state index is 5.21. The molecule has 1 aliphatic rings. The molecule has 0 aromatic rings. The third kappa shape index (κ3) is 5.58. The minimum Gasteiger partial charge on any atom is -0.372 e. The van der Waals surface area contributed by atoms with Gasteiger partial charge in [0.25, 0.3) is 0 Å². The highest BCUT2D eigenvalue weighted by atomic mass is 32.2. The number of hydrogen-bond donors (Lipinski definition) is 0. The van der Waals surface area contributed by atoms with Crippen LogP contribution in [0.2, 0.25) is 0 Å². The summed E-state index contributed by atoms with van der Waals surface area (Å²) in [7, 11) is 0. The zero-order chi connectivity index (χ0) is 10.1. The zero-order valence-corrected chi connectivity index (χ0v) is 10.3. The lowest BCUT2D eigenvalue weighted by atomic mass is 9.86. The Bertz CT molecular complexity index is 165. The third-order valence-electron chi connectivity index (χ3n) is 2.02. The van der Waals surface area contributed by atoms with Crippen LogP contribution in [0, 0.1) is 5.41 Å². The van der Waals surface area contributed by atoms with Crippen molar-refractivity contribution >= 4 is 11.8 Å². The van der Waals surface area contributed by atoms with Gasteiger partial charge in [0.1, 0.15) is 0 Å². The van der Waals surface area contributed by atoms with Gasteiger partial charge in [-0.2, -0.15) is 11.8 Å². The van der Waals surface area contributed by atoms with Crippen LogP contribution in [0.5, 0.6) is 0 Å². The van der Waals surface area contributed by atoms with Crippen molar-refractivity contribution in [1.29, 1.82) is 0 Å². The number of hydrogen-bond acceptors (Lipinski definition) is 2. The third-order valence-corrected chi connectivity index (χ3v) is 3.48. The van der Waals surface area contributed by atoms with Gasteiger partial charge in [0.2, 0.25) is 0 Å². The van der Waals surface area contributed by atoms with Gasteiger partial charge in [0.05, 0.1) is 12.7 Å². The van der Waals surface area contributed by atoms with E-state index in [0.29, 0.717) is 16.3 Å². The molecule has 0 aromatic carbocycles.